The molecule has 2 aromatic heterocycles. The summed E-state index contributed by atoms with van der Waals surface area (Å²) in [6.45, 7) is 4.34. The van der Waals surface area contributed by atoms with Crippen LogP contribution >= 0.6 is 0 Å². The van der Waals surface area contributed by atoms with Crippen molar-refractivity contribution in [2.75, 3.05) is 43.6 Å². The Morgan fingerprint density at radius 3 is 2.48 bits per heavy atom. The summed E-state index contributed by atoms with van der Waals surface area (Å²) in [6.07, 6.45) is 6.51. The highest BCUT2D eigenvalue weighted by Crippen LogP contribution is 2.42. The Labute approximate surface area is 269 Å². The molecule has 4 aliphatic rings. The van der Waals surface area contributed by atoms with Gasteiger partial charge in [0.1, 0.15) is 27.6 Å². The van der Waals surface area contributed by atoms with Crippen molar-refractivity contribution in [2.24, 2.45) is 5.92 Å². The Kier molecular flexibility index (Phi) is 9.78. The van der Waals surface area contributed by atoms with Crippen molar-refractivity contribution in [1.82, 2.24) is 19.4 Å². The predicted octanol–water partition coefficient (Wildman–Crippen LogP) is 5.65. The molecule has 3 aromatic rings. The van der Waals surface area contributed by atoms with Crippen molar-refractivity contribution in [3.8, 4) is 0 Å². The lowest BCUT2D eigenvalue weighted by Gasteiger charge is -2.37. The number of nitrogens with zero attached hydrogens (tertiary/aromatic N) is 4. The van der Waals surface area contributed by atoms with Crippen molar-refractivity contribution < 1.29 is 21.9 Å². The molecular formula is C34H45F2N5O4S. The van der Waals surface area contributed by atoms with Crippen LogP contribution in [0.1, 0.15) is 86.9 Å². The molecule has 46 heavy (non-hydrogen) atoms. The number of methoxy groups -OCH3 is 1. The Balaban J connectivity index is 1.39. The number of sulfone groups is 1. The molecule has 0 spiro atoms. The maximum atomic E-state index is 15.9. The van der Waals surface area contributed by atoms with Gasteiger partial charge in [-0.25, -0.2) is 27.2 Å². The van der Waals surface area contributed by atoms with E-state index >= 15 is 8.78 Å². The van der Waals surface area contributed by atoms with Gasteiger partial charge in [-0.15, -0.1) is 0 Å². The van der Waals surface area contributed by atoms with E-state index in [9.17, 15) is 13.2 Å². The van der Waals surface area contributed by atoms with Crippen LogP contribution in [0.3, 0.4) is 0 Å². The van der Waals surface area contributed by atoms with Crippen LogP contribution in [-0.2, 0) is 27.0 Å². The van der Waals surface area contributed by atoms with Crippen molar-refractivity contribution in [3.63, 3.8) is 0 Å². The van der Waals surface area contributed by atoms with E-state index in [-0.39, 0.29) is 40.7 Å². The molecule has 0 aliphatic carbocycles. The first kappa shape index (κ1) is 33.0. The summed E-state index contributed by atoms with van der Waals surface area (Å²) >= 11 is 0. The molecule has 2 saturated heterocycles. The highest BCUT2D eigenvalue weighted by molar-refractivity contribution is 7.91. The number of alkyl halides is 2. The number of benzene rings is 1. The van der Waals surface area contributed by atoms with Gasteiger partial charge in [0.2, 0.25) is 0 Å². The number of aromatic nitrogens is 3. The Morgan fingerprint density at radius 2 is 1.74 bits per heavy atom. The van der Waals surface area contributed by atoms with Crippen LogP contribution in [0.15, 0.2) is 41.5 Å². The van der Waals surface area contributed by atoms with Gasteiger partial charge in [0.15, 0.2) is 0 Å². The SMILES string of the molecule is CO[C@H]1CCCCCn2c(=O)c(C3CCS(=O)(=O)CC3)cc3c(ncnc32)N[C@@H](C)c2cccc(c2)C(F)(F)C2CCN(CC2)C1. The number of ether oxygens (including phenoxy) is 1. The van der Waals surface area contributed by atoms with E-state index in [0.29, 0.717) is 73.3 Å². The molecule has 0 saturated carbocycles. The summed E-state index contributed by atoms with van der Waals surface area (Å²) in [4.78, 5) is 25.3. The van der Waals surface area contributed by atoms with Crippen LogP contribution in [-0.4, -0.2) is 72.2 Å². The van der Waals surface area contributed by atoms with Crippen LogP contribution in [0.5, 0.6) is 0 Å². The van der Waals surface area contributed by atoms with Gasteiger partial charge in [0, 0.05) is 43.3 Å². The van der Waals surface area contributed by atoms with Gasteiger partial charge >= 0.3 is 0 Å². The number of pyridine rings is 1. The lowest BCUT2D eigenvalue weighted by Crippen LogP contribution is -2.43. The molecule has 0 amide bonds. The van der Waals surface area contributed by atoms with Crippen LogP contribution in [0, 0.1) is 5.92 Å². The van der Waals surface area contributed by atoms with Gasteiger partial charge < -0.3 is 15.0 Å². The summed E-state index contributed by atoms with van der Waals surface area (Å²) < 4.78 is 63.8. The fourth-order valence-corrected chi connectivity index (χ4v) is 8.92. The topological polar surface area (TPSA) is 106 Å². The van der Waals surface area contributed by atoms with E-state index in [1.165, 1.54) is 12.4 Å². The first-order chi connectivity index (χ1) is 22.1. The Bertz CT molecular complexity index is 1690. The van der Waals surface area contributed by atoms with Crippen molar-refractivity contribution >= 4 is 26.7 Å². The smallest absolute Gasteiger partial charge is 0.276 e. The second-order valence-corrected chi connectivity index (χ2v) is 15.6. The quantitative estimate of drug-likeness (QED) is 0.377. The third kappa shape index (κ3) is 6.99. The Hall–Kier alpha value is -2.96. The number of piperidine rings is 1. The summed E-state index contributed by atoms with van der Waals surface area (Å²) in [5.41, 5.74) is 1.68. The van der Waals surface area contributed by atoms with Crippen LogP contribution < -0.4 is 10.9 Å². The third-order valence-electron chi connectivity index (χ3n) is 10.3. The van der Waals surface area contributed by atoms with E-state index in [1.807, 2.05) is 19.1 Å². The van der Waals surface area contributed by atoms with Crippen LogP contribution in [0.4, 0.5) is 14.6 Å². The molecule has 0 unspecified atom stereocenters. The number of fused-ring (bicyclic) bond motifs is 9. The maximum absolute atomic E-state index is 15.9. The molecule has 1 aromatic carbocycles. The molecule has 12 heteroatoms. The molecule has 2 fully saturated rings. The average molecular weight is 658 g/mol. The van der Waals surface area contributed by atoms with E-state index in [4.69, 9.17) is 4.74 Å². The molecule has 2 atom stereocenters. The molecule has 8 bridgehead atoms. The van der Waals surface area contributed by atoms with E-state index in [2.05, 4.69) is 20.2 Å². The number of rotatable bonds is 2. The predicted molar refractivity (Wildman–Crippen MR) is 175 cm³/mol. The molecule has 1 N–H and O–H groups in total. The maximum Gasteiger partial charge on any atom is 0.276 e. The second-order valence-electron chi connectivity index (χ2n) is 13.3. The number of hydrogen-bond donors (Lipinski definition) is 1. The van der Waals surface area contributed by atoms with Crippen LogP contribution in [0.2, 0.25) is 0 Å². The molecule has 4 aliphatic heterocycles. The van der Waals surface area contributed by atoms with Gasteiger partial charge in [-0.2, -0.15) is 0 Å². The van der Waals surface area contributed by atoms with Gasteiger partial charge in [0.05, 0.1) is 23.0 Å². The normalized spacial score (nSPS) is 27.6. The van der Waals surface area contributed by atoms with E-state index in [0.717, 1.165) is 32.2 Å². The summed E-state index contributed by atoms with van der Waals surface area (Å²) in [5.74, 6) is -3.24. The highest BCUT2D eigenvalue weighted by Gasteiger charge is 2.43. The zero-order valence-corrected chi connectivity index (χ0v) is 27.6. The summed E-state index contributed by atoms with van der Waals surface area (Å²) in [5, 5.41) is 4.09. The first-order valence-electron chi connectivity index (χ1n) is 16.6. The van der Waals surface area contributed by atoms with Crippen molar-refractivity contribution in [3.05, 3.63) is 63.7 Å². The fourth-order valence-electron chi connectivity index (χ4n) is 7.43. The molecule has 9 nitrogen and oxygen atoms in total. The summed E-state index contributed by atoms with van der Waals surface area (Å²) in [7, 11) is -1.40. The van der Waals surface area contributed by atoms with Gasteiger partial charge in [-0.05, 0) is 82.2 Å². The lowest BCUT2D eigenvalue weighted by atomic mass is 9.85. The number of aryl methyl sites for hydroxylation is 1. The van der Waals surface area contributed by atoms with Gasteiger partial charge in [0.25, 0.3) is 11.5 Å². The van der Waals surface area contributed by atoms with E-state index in [1.54, 1.807) is 23.8 Å². The third-order valence-corrected chi connectivity index (χ3v) is 12.0. The largest absolute Gasteiger partial charge is 0.380 e. The Morgan fingerprint density at radius 1 is 0.978 bits per heavy atom. The van der Waals surface area contributed by atoms with Gasteiger partial charge in [-0.1, -0.05) is 31.0 Å². The standard InChI is InChI=1S/C34H45F2N5O4S/c1-23-25-7-6-8-27(19-25)34(35,36)26-10-15-40(16-11-26)21-28(45-2)9-4-3-5-14-41-32-30(31(39-23)37-22-38-32)20-29(33(41)42)24-12-17-46(43,44)18-13-24/h6-8,19-20,22-24,26,28H,3-5,9-18,21H2,1-2H3,(H,37,38,39)/t23-,28-/m0/s1. The van der Waals surface area contributed by atoms with E-state index < -0.39 is 21.7 Å². The number of nitrogens with one attached hydrogen (secondary N) is 1. The lowest BCUT2D eigenvalue weighted by molar-refractivity contribution is -0.0882. The number of hydrogen-bond acceptors (Lipinski definition) is 8. The second kappa shape index (κ2) is 13.6. The minimum atomic E-state index is -3.11. The zero-order valence-electron chi connectivity index (χ0n) is 26.8. The molecule has 7 rings (SSSR count). The molecule has 6 heterocycles. The highest BCUT2D eigenvalue weighted by atomic mass is 32.2. The van der Waals surface area contributed by atoms with Crippen molar-refractivity contribution in [1.29, 1.82) is 0 Å². The molecule has 0 radical (unpaired) electrons. The van der Waals surface area contributed by atoms with Crippen molar-refractivity contribution in [2.45, 2.75) is 88.8 Å². The minimum absolute atomic E-state index is 0.0140. The summed E-state index contributed by atoms with van der Waals surface area (Å²) in [6, 6.07) is 8.11. The monoisotopic (exact) mass is 657 g/mol. The van der Waals surface area contributed by atoms with Crippen LogP contribution in [0.25, 0.3) is 11.0 Å². The number of halogens is 2. The fraction of sp³-hybridized carbons (Fsp3) is 0.618. The molecular weight excluding hydrogens is 612 g/mol. The average Bonchev–Trinajstić information content (AvgIpc) is 3.05. The minimum Gasteiger partial charge on any atom is -0.380 e. The first-order valence-corrected chi connectivity index (χ1v) is 18.5. The molecule has 250 valence electrons. The number of anilines is 1. The van der Waals surface area contributed by atoms with Gasteiger partial charge in [-0.3, -0.25) is 9.36 Å². The zero-order chi connectivity index (χ0) is 32.5.